The first kappa shape index (κ1) is 15.7. The quantitative estimate of drug-likeness (QED) is 0.730. The second-order valence-corrected chi connectivity index (χ2v) is 5.11. The molecule has 8 heteroatoms. The summed E-state index contributed by atoms with van der Waals surface area (Å²) in [6.45, 7) is 3.74. The van der Waals surface area contributed by atoms with Crippen LogP contribution in [0, 0.1) is 6.92 Å². The van der Waals surface area contributed by atoms with Gasteiger partial charge in [0, 0.05) is 10.9 Å². The van der Waals surface area contributed by atoms with Gasteiger partial charge in [-0.15, -0.1) is 5.10 Å². The molecule has 0 aliphatic rings. The lowest BCUT2D eigenvalue weighted by molar-refractivity contribution is 0.0519. The minimum atomic E-state index is -0.583. The molecule has 1 N–H and O–H groups in total. The number of esters is 1. The fraction of sp³-hybridized carbons (Fsp3) is 0.250. The third kappa shape index (κ3) is 2.62. The van der Waals surface area contributed by atoms with E-state index < -0.39 is 5.97 Å². The van der Waals surface area contributed by atoms with Gasteiger partial charge in [-0.1, -0.05) is 5.21 Å². The smallest absolute Gasteiger partial charge is 0.360 e. The van der Waals surface area contributed by atoms with E-state index in [9.17, 15) is 9.59 Å². The second-order valence-electron chi connectivity index (χ2n) is 5.11. The highest BCUT2D eigenvalue weighted by Crippen LogP contribution is 2.24. The number of aromatic nitrogens is 4. The van der Waals surface area contributed by atoms with Crippen molar-refractivity contribution in [1.29, 1.82) is 0 Å². The molecule has 0 saturated heterocycles. The SMILES string of the molecule is CCOC(=O)c1cn(-c2c(C)c3cc(OC)ccc3[nH]c2=O)nn1. The lowest BCUT2D eigenvalue weighted by Crippen LogP contribution is -2.17. The fourth-order valence-electron chi connectivity index (χ4n) is 2.50. The number of H-pyrrole nitrogens is 1. The number of carbonyl (C=O) groups is 1. The lowest BCUT2D eigenvalue weighted by atomic mass is 10.1. The average Bonchev–Trinajstić information content (AvgIpc) is 3.04. The minimum absolute atomic E-state index is 0.0430. The van der Waals surface area contributed by atoms with E-state index in [1.807, 2.05) is 6.07 Å². The van der Waals surface area contributed by atoms with E-state index in [1.165, 1.54) is 10.9 Å². The zero-order valence-corrected chi connectivity index (χ0v) is 13.5. The summed E-state index contributed by atoms with van der Waals surface area (Å²) in [5, 5.41) is 8.46. The molecule has 124 valence electrons. The van der Waals surface area contributed by atoms with Crippen LogP contribution < -0.4 is 10.3 Å². The molecule has 2 heterocycles. The predicted octanol–water partition coefficient (Wildman–Crippen LogP) is 1.60. The molecule has 0 bridgehead atoms. The molecule has 0 aliphatic carbocycles. The molecular weight excluding hydrogens is 312 g/mol. The summed E-state index contributed by atoms with van der Waals surface area (Å²) >= 11 is 0. The number of ether oxygens (including phenoxy) is 2. The van der Waals surface area contributed by atoms with Crippen LogP contribution in [0.4, 0.5) is 0 Å². The van der Waals surface area contributed by atoms with E-state index in [1.54, 1.807) is 33.1 Å². The lowest BCUT2D eigenvalue weighted by Gasteiger charge is -2.09. The van der Waals surface area contributed by atoms with Crippen LogP contribution in [0.3, 0.4) is 0 Å². The van der Waals surface area contributed by atoms with Crippen molar-refractivity contribution in [2.24, 2.45) is 0 Å². The Morgan fingerprint density at radius 2 is 2.17 bits per heavy atom. The van der Waals surface area contributed by atoms with Crippen molar-refractivity contribution in [3.8, 4) is 11.4 Å². The van der Waals surface area contributed by atoms with Crippen molar-refractivity contribution < 1.29 is 14.3 Å². The standard InChI is InChI=1S/C16H16N4O4/c1-4-24-16(22)13-8-20(19-18-13)14-9(2)11-7-10(23-3)5-6-12(11)17-15(14)21/h5-8H,4H2,1-3H3,(H,17,21). The van der Waals surface area contributed by atoms with Gasteiger partial charge in [0.25, 0.3) is 5.56 Å². The number of aryl methyl sites for hydroxylation is 1. The second kappa shape index (κ2) is 6.15. The molecule has 2 aromatic heterocycles. The number of nitrogens with zero attached hydrogens (tertiary/aromatic N) is 3. The average molecular weight is 328 g/mol. The maximum atomic E-state index is 12.4. The highest BCUT2D eigenvalue weighted by molar-refractivity contribution is 5.87. The zero-order valence-electron chi connectivity index (χ0n) is 13.5. The number of hydrogen-bond donors (Lipinski definition) is 1. The largest absolute Gasteiger partial charge is 0.497 e. The summed E-state index contributed by atoms with van der Waals surface area (Å²) < 4.78 is 11.4. The van der Waals surface area contributed by atoms with Gasteiger partial charge in [0.15, 0.2) is 5.69 Å². The molecule has 1 aromatic carbocycles. The highest BCUT2D eigenvalue weighted by Gasteiger charge is 2.17. The minimum Gasteiger partial charge on any atom is -0.497 e. The van der Waals surface area contributed by atoms with Crippen LogP contribution in [-0.2, 0) is 4.74 Å². The first-order valence-corrected chi connectivity index (χ1v) is 7.35. The van der Waals surface area contributed by atoms with Crippen molar-refractivity contribution in [3.63, 3.8) is 0 Å². The number of aromatic amines is 1. The van der Waals surface area contributed by atoms with Gasteiger partial charge >= 0.3 is 5.97 Å². The molecule has 24 heavy (non-hydrogen) atoms. The summed E-state index contributed by atoms with van der Waals surface area (Å²) in [7, 11) is 1.58. The molecule has 0 spiro atoms. The Balaban J connectivity index is 2.15. The Labute approximate surface area is 137 Å². The zero-order chi connectivity index (χ0) is 17.3. The van der Waals surface area contributed by atoms with Crippen LogP contribution in [0.25, 0.3) is 16.6 Å². The molecule has 3 rings (SSSR count). The Kier molecular flexibility index (Phi) is 4.03. The number of pyridine rings is 1. The molecular formula is C16H16N4O4. The maximum Gasteiger partial charge on any atom is 0.360 e. The Morgan fingerprint density at radius 1 is 1.38 bits per heavy atom. The maximum absolute atomic E-state index is 12.4. The van der Waals surface area contributed by atoms with Crippen molar-refractivity contribution >= 4 is 16.9 Å². The summed E-state index contributed by atoms with van der Waals surface area (Å²) in [5.74, 6) is 0.0923. The van der Waals surface area contributed by atoms with Crippen molar-refractivity contribution in [3.05, 3.63) is 46.0 Å². The number of hydrogen-bond acceptors (Lipinski definition) is 6. The summed E-state index contributed by atoms with van der Waals surface area (Å²) in [5.41, 5.74) is 1.39. The van der Waals surface area contributed by atoms with E-state index in [4.69, 9.17) is 9.47 Å². The number of rotatable bonds is 4. The van der Waals surface area contributed by atoms with Gasteiger partial charge < -0.3 is 14.5 Å². The van der Waals surface area contributed by atoms with Gasteiger partial charge in [-0.05, 0) is 37.6 Å². The van der Waals surface area contributed by atoms with Gasteiger partial charge in [-0.25, -0.2) is 9.48 Å². The molecule has 0 unspecified atom stereocenters. The van der Waals surface area contributed by atoms with Crippen LogP contribution in [0.5, 0.6) is 5.75 Å². The van der Waals surface area contributed by atoms with Gasteiger partial charge in [0.1, 0.15) is 11.4 Å². The van der Waals surface area contributed by atoms with Crippen molar-refractivity contribution in [2.45, 2.75) is 13.8 Å². The van der Waals surface area contributed by atoms with Crippen LogP contribution in [0.1, 0.15) is 23.0 Å². The van der Waals surface area contributed by atoms with Crippen LogP contribution >= 0.6 is 0 Å². The van der Waals surface area contributed by atoms with Crippen LogP contribution in [0.15, 0.2) is 29.2 Å². The molecule has 0 saturated carbocycles. The Bertz CT molecular complexity index is 974. The first-order valence-electron chi connectivity index (χ1n) is 7.35. The van der Waals surface area contributed by atoms with E-state index >= 15 is 0 Å². The fourth-order valence-corrected chi connectivity index (χ4v) is 2.50. The summed E-state index contributed by atoms with van der Waals surface area (Å²) in [6.07, 6.45) is 1.38. The number of methoxy groups -OCH3 is 1. The van der Waals surface area contributed by atoms with Crippen molar-refractivity contribution in [1.82, 2.24) is 20.0 Å². The van der Waals surface area contributed by atoms with E-state index in [2.05, 4.69) is 15.3 Å². The van der Waals surface area contributed by atoms with E-state index in [-0.39, 0.29) is 17.9 Å². The topological polar surface area (TPSA) is 99.1 Å². The number of carbonyl (C=O) groups excluding carboxylic acids is 1. The van der Waals surface area contributed by atoms with Gasteiger partial charge in [-0.3, -0.25) is 4.79 Å². The first-order chi connectivity index (χ1) is 11.5. The van der Waals surface area contributed by atoms with Crippen molar-refractivity contribution in [2.75, 3.05) is 13.7 Å². The van der Waals surface area contributed by atoms with Gasteiger partial charge in [-0.2, -0.15) is 0 Å². The summed E-state index contributed by atoms with van der Waals surface area (Å²) in [6, 6.07) is 5.37. The van der Waals surface area contributed by atoms with E-state index in [0.717, 1.165) is 5.39 Å². The van der Waals surface area contributed by atoms with Crippen LogP contribution in [0.2, 0.25) is 0 Å². The molecule has 0 atom stereocenters. The van der Waals surface area contributed by atoms with Gasteiger partial charge in [0.05, 0.1) is 19.9 Å². The summed E-state index contributed by atoms with van der Waals surface area (Å²) in [4.78, 5) is 26.9. The number of fused-ring (bicyclic) bond motifs is 1. The molecule has 0 radical (unpaired) electrons. The third-order valence-corrected chi connectivity index (χ3v) is 3.66. The molecule has 3 aromatic rings. The monoisotopic (exact) mass is 328 g/mol. The van der Waals surface area contributed by atoms with E-state index in [0.29, 0.717) is 22.5 Å². The molecule has 8 nitrogen and oxygen atoms in total. The Hall–Kier alpha value is -3.16. The Morgan fingerprint density at radius 3 is 2.88 bits per heavy atom. The predicted molar refractivity (Wildman–Crippen MR) is 86.7 cm³/mol. The number of nitrogens with one attached hydrogen (secondary N) is 1. The highest BCUT2D eigenvalue weighted by atomic mass is 16.5. The van der Waals surface area contributed by atoms with Crippen LogP contribution in [-0.4, -0.2) is 39.7 Å². The number of benzene rings is 1. The molecule has 0 amide bonds. The normalized spacial score (nSPS) is 10.8. The molecule has 0 fully saturated rings. The third-order valence-electron chi connectivity index (χ3n) is 3.66. The van der Waals surface area contributed by atoms with Gasteiger partial charge in [0.2, 0.25) is 0 Å². The molecule has 0 aliphatic heterocycles.